The molecule has 1 heterocycles. The summed E-state index contributed by atoms with van der Waals surface area (Å²) in [5.41, 5.74) is 2.53. The van der Waals surface area contributed by atoms with Crippen LogP contribution in [-0.2, 0) is 4.74 Å². The van der Waals surface area contributed by atoms with E-state index in [0.29, 0.717) is 6.10 Å². The quantitative estimate of drug-likeness (QED) is 0.853. The fraction of sp³-hybridized carbons (Fsp3) is 0.625. The van der Waals surface area contributed by atoms with Crippen LogP contribution in [0.4, 0.5) is 5.69 Å². The van der Waals surface area contributed by atoms with E-state index in [9.17, 15) is 0 Å². The number of ether oxygens (including phenoxy) is 1. The van der Waals surface area contributed by atoms with Gasteiger partial charge in [-0.1, -0.05) is 12.1 Å². The first-order valence-corrected chi connectivity index (χ1v) is 7.42. The van der Waals surface area contributed by atoms with Gasteiger partial charge in [0.25, 0.3) is 0 Å². The molecule has 1 fully saturated rings. The highest BCUT2D eigenvalue weighted by Crippen LogP contribution is 2.13. The summed E-state index contributed by atoms with van der Waals surface area (Å²) in [7, 11) is 0. The van der Waals surface area contributed by atoms with Crippen LogP contribution in [0.3, 0.4) is 0 Å². The van der Waals surface area contributed by atoms with Gasteiger partial charge < -0.3 is 10.1 Å². The van der Waals surface area contributed by atoms with Crippen LogP contribution < -0.4 is 5.32 Å². The molecule has 0 saturated carbocycles. The number of benzene rings is 1. The zero-order chi connectivity index (χ0) is 13.5. The van der Waals surface area contributed by atoms with Crippen LogP contribution in [0.1, 0.15) is 25.3 Å². The van der Waals surface area contributed by atoms with E-state index in [1.54, 1.807) is 0 Å². The Balaban J connectivity index is 1.70. The fourth-order valence-corrected chi connectivity index (χ4v) is 2.70. The van der Waals surface area contributed by atoms with Crippen molar-refractivity contribution in [1.29, 1.82) is 0 Å². The maximum absolute atomic E-state index is 5.73. The molecular weight excluding hydrogens is 236 g/mol. The molecule has 0 spiro atoms. The zero-order valence-electron chi connectivity index (χ0n) is 12.2. The van der Waals surface area contributed by atoms with E-state index in [0.717, 1.165) is 26.2 Å². The summed E-state index contributed by atoms with van der Waals surface area (Å²) in [5, 5.41) is 3.50. The number of piperidine rings is 1. The van der Waals surface area contributed by atoms with Gasteiger partial charge in [-0.15, -0.1) is 0 Å². The van der Waals surface area contributed by atoms with E-state index >= 15 is 0 Å². The fourth-order valence-electron chi connectivity index (χ4n) is 2.70. The number of nitrogens with zero attached hydrogens (tertiary/aromatic N) is 1. The van der Waals surface area contributed by atoms with E-state index in [1.165, 1.54) is 30.6 Å². The normalized spacial score (nSPS) is 20.4. The average molecular weight is 262 g/mol. The van der Waals surface area contributed by atoms with Crippen molar-refractivity contribution in [2.24, 2.45) is 0 Å². The van der Waals surface area contributed by atoms with Crippen molar-refractivity contribution in [3.63, 3.8) is 0 Å². The number of nitrogens with one attached hydrogen (secondary N) is 1. The van der Waals surface area contributed by atoms with Crippen LogP contribution in [0, 0.1) is 6.92 Å². The minimum absolute atomic E-state index is 0.442. The topological polar surface area (TPSA) is 24.5 Å². The third-order valence-electron chi connectivity index (χ3n) is 3.64. The van der Waals surface area contributed by atoms with Crippen molar-refractivity contribution < 1.29 is 4.74 Å². The van der Waals surface area contributed by atoms with Crippen LogP contribution in [0.15, 0.2) is 24.3 Å². The SMILES string of the molecule is CCOC1CCCN(CCNc2cccc(C)c2)C1. The number of hydrogen-bond donors (Lipinski definition) is 1. The highest BCUT2D eigenvalue weighted by atomic mass is 16.5. The van der Waals surface area contributed by atoms with Gasteiger partial charge in [0.15, 0.2) is 0 Å². The molecule has 3 heteroatoms. The number of aryl methyl sites for hydroxylation is 1. The molecule has 1 aliphatic rings. The van der Waals surface area contributed by atoms with Crippen molar-refractivity contribution in [3.8, 4) is 0 Å². The average Bonchev–Trinajstić information content (AvgIpc) is 2.40. The maximum Gasteiger partial charge on any atom is 0.0702 e. The first-order valence-electron chi connectivity index (χ1n) is 7.42. The Bertz CT molecular complexity index is 379. The smallest absolute Gasteiger partial charge is 0.0702 e. The van der Waals surface area contributed by atoms with E-state index in [-0.39, 0.29) is 0 Å². The molecule has 3 nitrogen and oxygen atoms in total. The van der Waals surface area contributed by atoms with E-state index in [4.69, 9.17) is 4.74 Å². The molecule has 0 radical (unpaired) electrons. The van der Waals surface area contributed by atoms with Gasteiger partial charge in [0.05, 0.1) is 6.10 Å². The van der Waals surface area contributed by atoms with Gasteiger partial charge in [-0.3, -0.25) is 4.90 Å². The van der Waals surface area contributed by atoms with Gasteiger partial charge in [0.1, 0.15) is 0 Å². The molecule has 0 aliphatic carbocycles. The Kier molecular flexibility index (Phi) is 5.67. The van der Waals surface area contributed by atoms with Gasteiger partial charge in [-0.05, 0) is 50.9 Å². The lowest BCUT2D eigenvalue weighted by molar-refractivity contribution is 0.00716. The lowest BCUT2D eigenvalue weighted by Crippen LogP contribution is -2.41. The van der Waals surface area contributed by atoms with Crippen LogP contribution >= 0.6 is 0 Å². The van der Waals surface area contributed by atoms with Crippen LogP contribution in [0.2, 0.25) is 0 Å². The lowest BCUT2D eigenvalue weighted by atomic mass is 10.1. The van der Waals surface area contributed by atoms with Gasteiger partial charge in [0.2, 0.25) is 0 Å². The summed E-state index contributed by atoms with van der Waals surface area (Å²) < 4.78 is 5.73. The Morgan fingerprint density at radius 1 is 1.42 bits per heavy atom. The lowest BCUT2D eigenvalue weighted by Gasteiger charge is -2.32. The Morgan fingerprint density at radius 2 is 2.32 bits per heavy atom. The minimum Gasteiger partial charge on any atom is -0.384 e. The summed E-state index contributed by atoms with van der Waals surface area (Å²) in [6, 6.07) is 8.55. The highest BCUT2D eigenvalue weighted by molar-refractivity contribution is 5.45. The van der Waals surface area contributed by atoms with E-state index in [1.807, 2.05) is 0 Å². The Morgan fingerprint density at radius 3 is 3.11 bits per heavy atom. The predicted molar refractivity (Wildman–Crippen MR) is 80.8 cm³/mol. The molecule has 0 bridgehead atoms. The summed E-state index contributed by atoms with van der Waals surface area (Å²) in [5.74, 6) is 0. The molecule has 1 aromatic carbocycles. The van der Waals surface area contributed by atoms with Crippen molar-refractivity contribution >= 4 is 5.69 Å². The molecule has 1 atom stereocenters. The summed E-state index contributed by atoms with van der Waals surface area (Å²) >= 11 is 0. The summed E-state index contributed by atoms with van der Waals surface area (Å²) in [4.78, 5) is 2.51. The highest BCUT2D eigenvalue weighted by Gasteiger charge is 2.19. The molecule has 19 heavy (non-hydrogen) atoms. The van der Waals surface area contributed by atoms with Crippen LogP contribution in [0.5, 0.6) is 0 Å². The minimum atomic E-state index is 0.442. The molecule has 1 saturated heterocycles. The second-order valence-corrected chi connectivity index (χ2v) is 5.32. The first kappa shape index (κ1) is 14.4. The van der Waals surface area contributed by atoms with Gasteiger partial charge in [-0.2, -0.15) is 0 Å². The summed E-state index contributed by atoms with van der Waals surface area (Å²) in [6.45, 7) is 9.43. The molecule has 1 aromatic rings. The molecule has 1 N–H and O–H groups in total. The molecule has 1 aliphatic heterocycles. The van der Waals surface area contributed by atoms with Crippen molar-refractivity contribution in [1.82, 2.24) is 4.90 Å². The third kappa shape index (κ3) is 4.84. The number of anilines is 1. The maximum atomic E-state index is 5.73. The molecular formula is C16H26N2O. The van der Waals surface area contributed by atoms with E-state index in [2.05, 4.69) is 48.3 Å². The Hall–Kier alpha value is -1.06. The largest absolute Gasteiger partial charge is 0.384 e. The molecule has 0 aromatic heterocycles. The van der Waals surface area contributed by atoms with Gasteiger partial charge >= 0.3 is 0 Å². The molecule has 0 amide bonds. The summed E-state index contributed by atoms with van der Waals surface area (Å²) in [6.07, 6.45) is 2.92. The number of likely N-dealkylation sites (tertiary alicyclic amines) is 1. The van der Waals surface area contributed by atoms with E-state index < -0.39 is 0 Å². The van der Waals surface area contributed by atoms with Crippen LogP contribution in [0.25, 0.3) is 0 Å². The zero-order valence-corrected chi connectivity index (χ0v) is 12.2. The third-order valence-corrected chi connectivity index (χ3v) is 3.64. The molecule has 2 rings (SSSR count). The number of rotatable bonds is 6. The second-order valence-electron chi connectivity index (χ2n) is 5.32. The van der Waals surface area contributed by atoms with Crippen molar-refractivity contribution in [2.75, 3.05) is 38.1 Å². The molecule has 106 valence electrons. The first-order chi connectivity index (χ1) is 9.28. The predicted octanol–water partition coefficient (Wildman–Crippen LogP) is 2.91. The van der Waals surface area contributed by atoms with Crippen molar-refractivity contribution in [3.05, 3.63) is 29.8 Å². The van der Waals surface area contributed by atoms with Crippen molar-refractivity contribution in [2.45, 2.75) is 32.8 Å². The molecule has 1 unspecified atom stereocenters. The number of hydrogen-bond acceptors (Lipinski definition) is 3. The van der Waals surface area contributed by atoms with Crippen LogP contribution in [-0.4, -0.2) is 43.8 Å². The van der Waals surface area contributed by atoms with Gasteiger partial charge in [-0.25, -0.2) is 0 Å². The van der Waals surface area contributed by atoms with Gasteiger partial charge in [0, 0.05) is 31.9 Å². The second kappa shape index (κ2) is 7.51. The Labute approximate surface area is 116 Å². The monoisotopic (exact) mass is 262 g/mol. The standard InChI is InChI=1S/C16H26N2O/c1-3-19-16-8-5-10-18(13-16)11-9-17-15-7-4-6-14(2)12-15/h4,6-7,12,16-17H,3,5,8-11,13H2,1-2H3.